The van der Waals surface area contributed by atoms with E-state index < -0.39 is 89.6 Å². The Morgan fingerprint density at radius 1 is 0.898 bits per heavy atom. The molecule has 2 saturated carbocycles. The highest BCUT2D eigenvalue weighted by Crippen LogP contribution is 2.34. The maximum atomic E-state index is 14.5. The van der Waals surface area contributed by atoms with Gasteiger partial charge in [0.1, 0.15) is 12.1 Å². The second-order valence-electron chi connectivity index (χ2n) is 17.4. The number of aromatic carboxylic acids is 1. The summed E-state index contributed by atoms with van der Waals surface area (Å²) in [5.41, 5.74) is 9.56. The Bertz CT molecular complexity index is 1790. The number of ketones is 3. The number of Topliss-reactive ketones (excluding diaryl/α,β-unsaturated/α-hetero) is 3. The van der Waals surface area contributed by atoms with Gasteiger partial charge in [-0.2, -0.15) is 0 Å². The molecular formula is C43H60N6O10. The van der Waals surface area contributed by atoms with Crippen LogP contribution in [0.5, 0.6) is 0 Å². The zero-order valence-electron chi connectivity index (χ0n) is 34.4. The summed E-state index contributed by atoms with van der Waals surface area (Å²) in [6, 6.07) is -2.36. The molecule has 0 spiro atoms. The second kappa shape index (κ2) is 21.1. The molecule has 7 N–H and O–H groups in total. The number of hydrogen-bond acceptors (Lipinski definition) is 10. The van der Waals surface area contributed by atoms with Gasteiger partial charge in [0.05, 0.1) is 23.7 Å². The number of allylic oxidation sites excluding steroid dienone is 1. The highest BCUT2D eigenvalue weighted by atomic mass is 16.4. The molecule has 0 bridgehead atoms. The minimum atomic E-state index is -1.36. The molecule has 2 heterocycles. The van der Waals surface area contributed by atoms with Crippen molar-refractivity contribution in [3.8, 4) is 0 Å². The molecule has 0 unspecified atom stereocenters. The van der Waals surface area contributed by atoms with Crippen LogP contribution in [0, 0.1) is 29.1 Å². The van der Waals surface area contributed by atoms with E-state index in [-0.39, 0.29) is 60.2 Å². The van der Waals surface area contributed by atoms with Crippen molar-refractivity contribution >= 4 is 52.9 Å². The number of pyridine rings is 1. The van der Waals surface area contributed by atoms with Gasteiger partial charge in [-0.15, -0.1) is 0 Å². The quantitative estimate of drug-likeness (QED) is 0.0999. The van der Waals surface area contributed by atoms with Crippen molar-refractivity contribution in [1.29, 1.82) is 0 Å². The average Bonchev–Trinajstić information content (AvgIpc) is 3.60. The van der Waals surface area contributed by atoms with Crippen LogP contribution in [-0.2, 0) is 33.6 Å². The molecule has 16 nitrogen and oxygen atoms in total. The molecule has 0 aromatic carbocycles. The van der Waals surface area contributed by atoms with E-state index in [1.54, 1.807) is 20.8 Å². The summed E-state index contributed by atoms with van der Waals surface area (Å²) in [7, 11) is 0. The summed E-state index contributed by atoms with van der Waals surface area (Å²) in [6.07, 6.45) is 12.8. The van der Waals surface area contributed by atoms with Crippen LogP contribution in [0.1, 0.15) is 138 Å². The number of carboxylic acids is 1. The van der Waals surface area contributed by atoms with Crippen molar-refractivity contribution in [1.82, 2.24) is 20.5 Å². The van der Waals surface area contributed by atoms with Crippen LogP contribution in [0.2, 0.25) is 0 Å². The molecule has 16 heteroatoms. The van der Waals surface area contributed by atoms with Crippen LogP contribution in [0.3, 0.4) is 0 Å². The maximum Gasteiger partial charge on any atom is 0.336 e. The SMILES string of the molecule is CC(C)(C)[C@H](NC(=O)[C@H](CC/C=C/C(N)=O)CC(=O)c1cnccc1C(=O)O)C(=O)N1CC(=O)C[C@H]1C(=O)N[C@H](C(=O)C[C@H](C(N)=O)C1CCCCC1)C1CCCCC1. The van der Waals surface area contributed by atoms with Crippen LogP contribution in [0.25, 0.3) is 0 Å². The van der Waals surface area contributed by atoms with Crippen molar-refractivity contribution < 1.29 is 48.3 Å². The normalized spacial score (nSPS) is 20.0. The molecule has 1 aliphatic heterocycles. The summed E-state index contributed by atoms with van der Waals surface area (Å²) in [5.74, 6) is -8.09. The molecule has 322 valence electrons. The first kappa shape index (κ1) is 46.4. The number of carboxylic acid groups (broad SMARTS) is 1. The minimum Gasteiger partial charge on any atom is -0.478 e. The van der Waals surface area contributed by atoms with E-state index in [1.165, 1.54) is 18.3 Å². The number of likely N-dealkylation sites (tertiary alicyclic amines) is 1. The molecule has 5 amide bonds. The average molecular weight is 821 g/mol. The Labute approximate surface area is 345 Å². The van der Waals surface area contributed by atoms with Gasteiger partial charge < -0.3 is 32.1 Å². The molecule has 5 atom stereocenters. The van der Waals surface area contributed by atoms with E-state index in [9.17, 15) is 48.3 Å². The predicted octanol–water partition coefficient (Wildman–Crippen LogP) is 3.20. The van der Waals surface area contributed by atoms with Crippen molar-refractivity contribution in [3.05, 3.63) is 41.7 Å². The molecule has 0 radical (unpaired) electrons. The number of aromatic nitrogens is 1. The van der Waals surface area contributed by atoms with Crippen molar-refractivity contribution in [2.75, 3.05) is 6.54 Å². The first-order chi connectivity index (χ1) is 27.9. The lowest BCUT2D eigenvalue weighted by molar-refractivity contribution is -0.145. The fourth-order valence-electron chi connectivity index (χ4n) is 8.75. The topological polar surface area (TPSA) is 266 Å². The summed E-state index contributed by atoms with van der Waals surface area (Å²) in [6.45, 7) is 4.65. The van der Waals surface area contributed by atoms with E-state index in [2.05, 4.69) is 15.6 Å². The maximum absolute atomic E-state index is 14.5. The van der Waals surface area contributed by atoms with Gasteiger partial charge in [0.25, 0.3) is 0 Å². The third-order valence-electron chi connectivity index (χ3n) is 12.0. The predicted molar refractivity (Wildman–Crippen MR) is 215 cm³/mol. The number of primary amides is 2. The highest BCUT2D eigenvalue weighted by Gasteiger charge is 2.46. The van der Waals surface area contributed by atoms with Crippen LogP contribution in [0.15, 0.2) is 30.6 Å². The number of amides is 5. The van der Waals surface area contributed by atoms with E-state index in [4.69, 9.17) is 11.5 Å². The number of carbonyl (C=O) groups excluding carboxylic acids is 8. The Hall–Kier alpha value is -5.28. The Kier molecular flexibility index (Phi) is 16.6. The van der Waals surface area contributed by atoms with Crippen molar-refractivity contribution in [3.63, 3.8) is 0 Å². The molecule has 4 rings (SSSR count). The van der Waals surface area contributed by atoms with Crippen molar-refractivity contribution in [2.45, 2.75) is 135 Å². The Morgan fingerprint density at radius 2 is 1.53 bits per heavy atom. The lowest BCUT2D eigenvalue weighted by Crippen LogP contribution is -2.59. The number of carbonyl (C=O) groups is 9. The number of nitrogens with two attached hydrogens (primary N) is 2. The number of nitrogens with one attached hydrogen (secondary N) is 2. The fourth-order valence-corrected chi connectivity index (χ4v) is 8.75. The van der Waals surface area contributed by atoms with Crippen molar-refractivity contribution in [2.24, 2.45) is 40.6 Å². The highest BCUT2D eigenvalue weighted by molar-refractivity contribution is 6.07. The van der Waals surface area contributed by atoms with Crippen LogP contribution in [0.4, 0.5) is 0 Å². The van der Waals surface area contributed by atoms with E-state index in [1.807, 2.05) is 0 Å². The smallest absolute Gasteiger partial charge is 0.336 e. The van der Waals surface area contributed by atoms with Gasteiger partial charge in [-0.1, -0.05) is 65.4 Å². The number of hydrogen-bond donors (Lipinski definition) is 5. The zero-order valence-corrected chi connectivity index (χ0v) is 34.4. The molecular weight excluding hydrogens is 761 g/mol. The van der Waals surface area contributed by atoms with E-state index >= 15 is 0 Å². The molecule has 1 saturated heterocycles. The third-order valence-corrected chi connectivity index (χ3v) is 12.0. The molecule has 1 aromatic rings. The first-order valence-electron chi connectivity index (χ1n) is 20.8. The summed E-state index contributed by atoms with van der Waals surface area (Å²) in [4.78, 5) is 124. The van der Waals surface area contributed by atoms with Crippen LogP contribution in [-0.4, -0.2) is 92.5 Å². The Balaban J connectivity index is 1.57. The standard InChI is InChI=1S/C43H60N6O10/c1-43(2,3)37(48-39(55)27(16-10-11-17-35(44)53)20-33(51)31-23-46-19-18-29(31)42(58)59)41(57)49-24-28(50)21-32(49)40(56)47-36(26-14-8-5-9-15-26)34(52)22-30(38(45)54)25-12-6-4-7-13-25/h11,17-19,23,25-27,30,32,36-37H,4-10,12-16,20-22,24H2,1-3H3,(H2,44,53)(H2,45,54)(H,47,56)(H,48,55)(H,58,59)/b17-11+/t27-,30+,32+,36+,37-/m1/s1. The molecule has 1 aromatic heterocycles. The summed E-state index contributed by atoms with van der Waals surface area (Å²) >= 11 is 0. The van der Waals surface area contributed by atoms with Gasteiger partial charge >= 0.3 is 5.97 Å². The van der Waals surface area contributed by atoms with Gasteiger partial charge in [-0.3, -0.25) is 43.3 Å². The third kappa shape index (κ3) is 12.9. The lowest BCUT2D eigenvalue weighted by Gasteiger charge is -2.37. The summed E-state index contributed by atoms with van der Waals surface area (Å²) in [5, 5.41) is 15.3. The molecule has 3 aliphatic rings. The molecule has 59 heavy (non-hydrogen) atoms. The number of nitrogens with zero attached hydrogens (tertiary/aromatic N) is 2. The van der Waals surface area contributed by atoms with Crippen LogP contribution >= 0.6 is 0 Å². The van der Waals surface area contributed by atoms with Gasteiger partial charge in [0.2, 0.25) is 29.5 Å². The second-order valence-corrected chi connectivity index (χ2v) is 17.4. The lowest BCUT2D eigenvalue weighted by atomic mass is 9.75. The largest absolute Gasteiger partial charge is 0.478 e. The molecule has 2 aliphatic carbocycles. The number of rotatable bonds is 19. The fraction of sp³-hybridized carbons (Fsp3) is 0.628. The van der Waals surface area contributed by atoms with Gasteiger partial charge in [-0.25, -0.2) is 4.79 Å². The Morgan fingerprint density at radius 3 is 2.10 bits per heavy atom. The first-order valence-corrected chi connectivity index (χ1v) is 20.8. The van der Waals surface area contributed by atoms with Crippen LogP contribution < -0.4 is 22.1 Å². The van der Waals surface area contributed by atoms with E-state index in [0.717, 1.165) is 68.5 Å². The zero-order chi connectivity index (χ0) is 43.4. The summed E-state index contributed by atoms with van der Waals surface area (Å²) < 4.78 is 0. The monoisotopic (exact) mass is 820 g/mol. The van der Waals surface area contributed by atoms with Gasteiger partial charge in [-0.05, 0) is 67.9 Å². The minimum absolute atomic E-state index is 0.0102. The van der Waals surface area contributed by atoms with Gasteiger partial charge in [0.15, 0.2) is 17.3 Å². The molecule has 3 fully saturated rings. The van der Waals surface area contributed by atoms with E-state index in [0.29, 0.717) is 12.8 Å². The van der Waals surface area contributed by atoms with Gasteiger partial charge in [0, 0.05) is 43.5 Å².